The van der Waals surface area contributed by atoms with Crippen LogP contribution in [0, 0.1) is 18.2 Å². The number of hydrogen-bond acceptors (Lipinski definition) is 2. The Morgan fingerprint density at radius 1 is 1.03 bits per heavy atom. The Hall–Kier alpha value is -2.13. The second-order valence-corrected chi connectivity index (χ2v) is 8.79. The highest BCUT2D eigenvalue weighted by molar-refractivity contribution is 8.10. The van der Waals surface area contributed by atoms with Crippen LogP contribution in [0.4, 0.5) is 4.39 Å². The molecule has 0 bridgehead atoms. The quantitative estimate of drug-likeness (QED) is 0.499. The first-order valence-corrected chi connectivity index (χ1v) is 10.6. The molecule has 2 rings (SSSR count). The van der Waals surface area contributed by atoms with E-state index in [1.54, 1.807) is 30.8 Å². The number of carbonyl (C=O) groups excluding carboxylic acids is 1. The summed E-state index contributed by atoms with van der Waals surface area (Å²) < 4.78 is 12.1. The molecular formula is C26H35FOS. The van der Waals surface area contributed by atoms with Gasteiger partial charge in [0.15, 0.2) is 0 Å². The SMILES string of the molecule is C=C(S/C=C(\C)CC)c1ccccc1.CC(=O)C(C)(C)C.Cc1ccc(F)cc1. The van der Waals surface area contributed by atoms with Gasteiger partial charge in [0.2, 0.25) is 0 Å². The standard InChI is InChI=1S/C13H16S.C7H7F.C6H12O/c1-4-11(2)10-14-12(3)13-8-6-5-7-9-13;1-6-2-4-7(8)5-3-6;1-5(7)6(2,3)4/h5-10H,3-4H2,1-2H3;2-5H,1H3;1-4H3/b11-10+;;. The second-order valence-electron chi connectivity index (χ2n) is 7.83. The first-order valence-electron chi connectivity index (χ1n) is 9.77. The van der Waals surface area contributed by atoms with Gasteiger partial charge in [-0.15, -0.1) is 0 Å². The van der Waals surface area contributed by atoms with E-state index in [0.717, 1.165) is 16.9 Å². The number of allylic oxidation sites excluding steroid dienone is 1. The van der Waals surface area contributed by atoms with Crippen molar-refractivity contribution in [2.75, 3.05) is 0 Å². The Labute approximate surface area is 181 Å². The minimum absolute atomic E-state index is 0.139. The summed E-state index contributed by atoms with van der Waals surface area (Å²) in [4.78, 5) is 11.6. The molecule has 158 valence electrons. The Bertz CT molecular complexity index is 748. The first kappa shape index (κ1) is 26.9. The molecule has 0 aliphatic rings. The fourth-order valence-corrected chi connectivity index (χ4v) is 2.26. The molecule has 0 aliphatic carbocycles. The van der Waals surface area contributed by atoms with Gasteiger partial charge in [-0.25, -0.2) is 4.39 Å². The molecule has 29 heavy (non-hydrogen) atoms. The maximum atomic E-state index is 12.1. The van der Waals surface area contributed by atoms with Gasteiger partial charge in [-0.1, -0.05) is 99.6 Å². The average molecular weight is 415 g/mol. The predicted molar refractivity (Wildman–Crippen MR) is 128 cm³/mol. The normalized spacial score (nSPS) is 10.8. The lowest BCUT2D eigenvalue weighted by atomic mass is 9.92. The fraction of sp³-hybridized carbons (Fsp3) is 0.346. The number of rotatable bonds is 4. The van der Waals surface area contributed by atoms with E-state index in [-0.39, 0.29) is 17.0 Å². The average Bonchev–Trinajstić information content (AvgIpc) is 2.69. The van der Waals surface area contributed by atoms with Crippen molar-refractivity contribution in [1.29, 1.82) is 0 Å². The summed E-state index contributed by atoms with van der Waals surface area (Å²) in [6.45, 7) is 17.6. The van der Waals surface area contributed by atoms with Crippen molar-refractivity contribution in [2.45, 2.75) is 54.9 Å². The van der Waals surface area contributed by atoms with Crippen molar-refractivity contribution in [2.24, 2.45) is 5.41 Å². The highest BCUT2D eigenvalue weighted by Crippen LogP contribution is 2.27. The summed E-state index contributed by atoms with van der Waals surface area (Å²) in [5, 5.41) is 2.18. The van der Waals surface area contributed by atoms with Crippen molar-refractivity contribution in [3.63, 3.8) is 0 Å². The molecule has 0 aliphatic heterocycles. The molecule has 0 unspecified atom stereocenters. The molecule has 1 nitrogen and oxygen atoms in total. The third-order valence-corrected chi connectivity index (χ3v) is 5.16. The van der Waals surface area contributed by atoms with Crippen molar-refractivity contribution in [3.05, 3.63) is 89.1 Å². The third-order valence-electron chi connectivity index (χ3n) is 4.12. The van der Waals surface area contributed by atoms with Crippen LogP contribution in [-0.4, -0.2) is 5.78 Å². The van der Waals surface area contributed by atoms with Crippen LogP contribution >= 0.6 is 11.8 Å². The van der Waals surface area contributed by atoms with Crippen molar-refractivity contribution < 1.29 is 9.18 Å². The molecule has 0 aromatic heterocycles. The first-order chi connectivity index (χ1) is 13.5. The fourth-order valence-electron chi connectivity index (χ4n) is 1.48. The number of halogens is 1. The molecule has 0 radical (unpaired) electrons. The van der Waals surface area contributed by atoms with Crippen LogP contribution < -0.4 is 0 Å². The lowest BCUT2D eigenvalue weighted by Crippen LogP contribution is -2.15. The van der Waals surface area contributed by atoms with E-state index >= 15 is 0 Å². The van der Waals surface area contributed by atoms with Gasteiger partial charge in [-0.05, 0) is 50.3 Å². The number of benzene rings is 2. The second kappa shape index (κ2) is 13.9. The molecule has 3 heteroatoms. The van der Waals surface area contributed by atoms with Gasteiger partial charge in [0.1, 0.15) is 11.6 Å². The zero-order valence-electron chi connectivity index (χ0n) is 18.9. The van der Waals surface area contributed by atoms with E-state index in [1.807, 2.05) is 45.9 Å². The summed E-state index contributed by atoms with van der Waals surface area (Å²) in [5.41, 5.74) is 3.55. The van der Waals surface area contributed by atoms with E-state index in [1.165, 1.54) is 23.3 Å². The van der Waals surface area contributed by atoms with Gasteiger partial charge in [-0.3, -0.25) is 4.79 Å². The molecule has 0 spiro atoms. The zero-order valence-corrected chi connectivity index (χ0v) is 19.7. The molecule has 0 amide bonds. The summed E-state index contributed by atoms with van der Waals surface area (Å²) in [5.74, 6) is 0.0723. The van der Waals surface area contributed by atoms with E-state index in [2.05, 4.69) is 38.0 Å². The Balaban J connectivity index is 0.000000444. The van der Waals surface area contributed by atoms with Gasteiger partial charge in [0.05, 0.1) is 0 Å². The summed E-state index contributed by atoms with van der Waals surface area (Å²) in [7, 11) is 0. The van der Waals surface area contributed by atoms with Gasteiger partial charge in [0, 0.05) is 10.3 Å². The number of ketones is 1. The molecular weight excluding hydrogens is 379 g/mol. The van der Waals surface area contributed by atoms with Gasteiger partial charge >= 0.3 is 0 Å². The van der Waals surface area contributed by atoms with E-state index < -0.39 is 0 Å². The van der Waals surface area contributed by atoms with Crippen molar-refractivity contribution >= 4 is 22.5 Å². The van der Waals surface area contributed by atoms with Crippen molar-refractivity contribution in [1.82, 2.24) is 0 Å². The zero-order chi connectivity index (χ0) is 22.4. The lowest BCUT2D eigenvalue weighted by molar-refractivity contribution is -0.124. The molecule has 2 aromatic carbocycles. The number of Topliss-reactive ketones (excluding diaryl/α,β-unsaturated/α-hetero) is 1. The smallest absolute Gasteiger partial charge is 0.135 e. The van der Waals surface area contributed by atoms with Crippen molar-refractivity contribution in [3.8, 4) is 0 Å². The maximum absolute atomic E-state index is 12.1. The monoisotopic (exact) mass is 414 g/mol. The van der Waals surface area contributed by atoms with Crippen LogP contribution in [0.25, 0.3) is 4.91 Å². The van der Waals surface area contributed by atoms with Gasteiger partial charge in [0.25, 0.3) is 0 Å². The highest BCUT2D eigenvalue weighted by atomic mass is 32.2. The van der Waals surface area contributed by atoms with Crippen LogP contribution in [0.1, 0.15) is 59.1 Å². The number of carbonyl (C=O) groups is 1. The minimum Gasteiger partial charge on any atom is -0.299 e. The number of hydrogen-bond donors (Lipinski definition) is 0. The van der Waals surface area contributed by atoms with Crippen LogP contribution in [0.5, 0.6) is 0 Å². The molecule has 0 heterocycles. The summed E-state index contributed by atoms with van der Waals surface area (Å²) in [6.07, 6.45) is 1.11. The predicted octanol–water partition coefficient (Wildman–Crippen LogP) is 8.46. The van der Waals surface area contributed by atoms with Gasteiger partial charge < -0.3 is 0 Å². The summed E-state index contributed by atoms with van der Waals surface area (Å²) in [6, 6.07) is 16.7. The number of thioether (sulfide) groups is 1. The third kappa shape index (κ3) is 13.6. The molecule has 0 atom stereocenters. The van der Waals surface area contributed by atoms with Crippen LogP contribution in [-0.2, 0) is 4.79 Å². The van der Waals surface area contributed by atoms with E-state index in [4.69, 9.17) is 0 Å². The van der Waals surface area contributed by atoms with Gasteiger partial charge in [-0.2, -0.15) is 0 Å². The van der Waals surface area contributed by atoms with Crippen LogP contribution in [0.15, 0.2) is 72.2 Å². The number of aryl methyl sites for hydroxylation is 1. The Morgan fingerprint density at radius 3 is 1.90 bits per heavy atom. The Kier molecular flexibility index (Phi) is 12.9. The Morgan fingerprint density at radius 2 is 1.52 bits per heavy atom. The highest BCUT2D eigenvalue weighted by Gasteiger charge is 2.14. The molecule has 0 saturated heterocycles. The molecule has 0 N–H and O–H groups in total. The largest absolute Gasteiger partial charge is 0.299 e. The minimum atomic E-state index is -0.171. The molecule has 0 saturated carbocycles. The van der Waals surface area contributed by atoms with E-state index in [9.17, 15) is 9.18 Å². The molecule has 2 aromatic rings. The molecule has 0 fully saturated rings. The summed E-state index contributed by atoms with van der Waals surface area (Å²) >= 11 is 1.71. The van der Waals surface area contributed by atoms with Crippen LogP contribution in [0.2, 0.25) is 0 Å². The van der Waals surface area contributed by atoms with Crippen LogP contribution in [0.3, 0.4) is 0 Å². The lowest BCUT2D eigenvalue weighted by Gasteiger charge is -2.11. The topological polar surface area (TPSA) is 17.1 Å². The van der Waals surface area contributed by atoms with E-state index in [0.29, 0.717) is 0 Å². The maximum Gasteiger partial charge on any atom is 0.135 e.